The Morgan fingerprint density at radius 1 is 1.39 bits per heavy atom. The molecule has 2 rings (SSSR count). The van der Waals surface area contributed by atoms with Crippen molar-refractivity contribution in [1.29, 1.82) is 5.26 Å². The van der Waals surface area contributed by atoms with E-state index in [1.54, 1.807) is 7.11 Å². The second-order valence-corrected chi connectivity index (χ2v) is 7.11. The Labute approximate surface area is 168 Å². The number of hydrogen-bond acceptors (Lipinski definition) is 6. The Morgan fingerprint density at radius 2 is 2.18 bits per heavy atom. The Bertz CT molecular complexity index is 891. The summed E-state index contributed by atoms with van der Waals surface area (Å²) in [4.78, 5) is 25.0. The lowest BCUT2D eigenvalue weighted by molar-refractivity contribution is -0.144. The minimum Gasteiger partial charge on any atom is -0.451 e. The molecule has 2 aromatic heterocycles. The van der Waals surface area contributed by atoms with Crippen LogP contribution >= 0.6 is 11.3 Å². The van der Waals surface area contributed by atoms with E-state index in [-0.39, 0.29) is 5.57 Å². The highest BCUT2D eigenvalue weighted by atomic mass is 32.1. The quantitative estimate of drug-likeness (QED) is 0.396. The van der Waals surface area contributed by atoms with Crippen molar-refractivity contribution >= 4 is 29.3 Å². The second kappa shape index (κ2) is 10.4. The van der Waals surface area contributed by atoms with Crippen molar-refractivity contribution in [2.45, 2.75) is 26.9 Å². The summed E-state index contributed by atoms with van der Waals surface area (Å²) in [6.07, 6.45) is 1.48. The zero-order valence-corrected chi connectivity index (χ0v) is 17.0. The Morgan fingerprint density at radius 3 is 2.82 bits per heavy atom. The molecule has 28 heavy (non-hydrogen) atoms. The van der Waals surface area contributed by atoms with Crippen molar-refractivity contribution in [2.75, 3.05) is 20.3 Å². The van der Waals surface area contributed by atoms with Gasteiger partial charge in [0.1, 0.15) is 11.6 Å². The summed E-state index contributed by atoms with van der Waals surface area (Å²) in [6, 6.07) is 7.53. The number of carbonyl (C=O) groups excluding carboxylic acids is 2. The van der Waals surface area contributed by atoms with Crippen LogP contribution in [0.4, 0.5) is 0 Å². The fourth-order valence-electron chi connectivity index (χ4n) is 2.65. The van der Waals surface area contributed by atoms with Crippen LogP contribution in [0.15, 0.2) is 29.2 Å². The van der Waals surface area contributed by atoms with Crippen LogP contribution < -0.4 is 5.32 Å². The summed E-state index contributed by atoms with van der Waals surface area (Å²) in [5.74, 6) is -1.24. The van der Waals surface area contributed by atoms with Gasteiger partial charge in [-0.25, -0.2) is 4.79 Å². The SMILES string of the molecule is COCCn1c(C)cc(/C=C(\C#N)C(=O)OCC(=O)NCc2cccs2)c1C. The van der Waals surface area contributed by atoms with E-state index in [0.717, 1.165) is 21.8 Å². The topological polar surface area (TPSA) is 93.3 Å². The fraction of sp³-hybridized carbons (Fsp3) is 0.350. The number of rotatable bonds is 9. The molecule has 0 saturated carbocycles. The van der Waals surface area contributed by atoms with Crippen molar-refractivity contribution in [3.63, 3.8) is 0 Å². The predicted molar refractivity (Wildman–Crippen MR) is 106 cm³/mol. The first-order valence-electron chi connectivity index (χ1n) is 8.70. The Balaban J connectivity index is 1.97. The Hall–Kier alpha value is -2.89. The van der Waals surface area contributed by atoms with E-state index < -0.39 is 18.5 Å². The molecule has 148 valence electrons. The number of methoxy groups -OCH3 is 1. The smallest absolute Gasteiger partial charge is 0.349 e. The molecule has 0 aliphatic carbocycles. The summed E-state index contributed by atoms with van der Waals surface area (Å²) in [5.41, 5.74) is 2.52. The number of hydrogen-bond donors (Lipinski definition) is 1. The maximum Gasteiger partial charge on any atom is 0.349 e. The third-order valence-corrected chi connectivity index (χ3v) is 5.02. The normalized spacial score (nSPS) is 11.1. The van der Waals surface area contributed by atoms with Gasteiger partial charge in [-0.05, 0) is 43.0 Å². The van der Waals surface area contributed by atoms with Crippen molar-refractivity contribution < 1.29 is 19.1 Å². The van der Waals surface area contributed by atoms with Gasteiger partial charge in [-0.3, -0.25) is 4.79 Å². The lowest BCUT2D eigenvalue weighted by Crippen LogP contribution is -2.28. The molecule has 0 saturated heterocycles. The van der Waals surface area contributed by atoms with Crippen molar-refractivity contribution in [3.8, 4) is 6.07 Å². The zero-order chi connectivity index (χ0) is 20.5. The van der Waals surface area contributed by atoms with Crippen LogP contribution in [0.25, 0.3) is 6.08 Å². The number of nitriles is 1. The van der Waals surface area contributed by atoms with Crippen LogP contribution in [-0.2, 0) is 32.2 Å². The summed E-state index contributed by atoms with van der Waals surface area (Å²) in [6.45, 7) is 5.04. The molecule has 2 aromatic rings. The van der Waals surface area contributed by atoms with E-state index in [9.17, 15) is 14.9 Å². The highest BCUT2D eigenvalue weighted by Crippen LogP contribution is 2.18. The molecule has 0 aromatic carbocycles. The Kier molecular flexibility index (Phi) is 7.99. The number of aryl methyl sites for hydroxylation is 1. The highest BCUT2D eigenvalue weighted by Gasteiger charge is 2.15. The van der Waals surface area contributed by atoms with Crippen LogP contribution in [0.5, 0.6) is 0 Å². The molecule has 0 atom stereocenters. The molecule has 0 bridgehead atoms. The minimum absolute atomic E-state index is 0.155. The second-order valence-electron chi connectivity index (χ2n) is 6.07. The lowest BCUT2D eigenvalue weighted by atomic mass is 10.1. The van der Waals surface area contributed by atoms with E-state index in [2.05, 4.69) is 5.32 Å². The molecule has 0 unspecified atom stereocenters. The van der Waals surface area contributed by atoms with Crippen molar-refractivity contribution in [2.24, 2.45) is 0 Å². The zero-order valence-electron chi connectivity index (χ0n) is 16.2. The molecule has 0 fully saturated rings. The van der Waals surface area contributed by atoms with Gasteiger partial charge >= 0.3 is 5.97 Å². The van der Waals surface area contributed by atoms with E-state index in [4.69, 9.17) is 9.47 Å². The maximum atomic E-state index is 12.2. The summed E-state index contributed by atoms with van der Waals surface area (Å²) in [7, 11) is 1.63. The minimum atomic E-state index is -0.824. The molecule has 0 spiro atoms. The first-order valence-corrected chi connectivity index (χ1v) is 9.58. The number of ether oxygens (including phenoxy) is 2. The monoisotopic (exact) mass is 401 g/mol. The molecule has 0 aliphatic rings. The van der Waals surface area contributed by atoms with E-state index in [1.807, 2.05) is 48.1 Å². The van der Waals surface area contributed by atoms with Crippen LogP contribution in [0.3, 0.4) is 0 Å². The van der Waals surface area contributed by atoms with Crippen molar-refractivity contribution in [1.82, 2.24) is 9.88 Å². The number of aromatic nitrogens is 1. The number of carbonyl (C=O) groups is 2. The standard InChI is InChI=1S/C20H23N3O4S/c1-14-9-16(15(2)23(14)6-7-26-3)10-17(11-21)20(25)27-13-19(24)22-12-18-5-4-8-28-18/h4-5,8-10H,6-7,12-13H2,1-3H3,(H,22,24)/b17-10+. The van der Waals surface area contributed by atoms with Crippen LogP contribution in [0.1, 0.15) is 21.8 Å². The number of amides is 1. The largest absolute Gasteiger partial charge is 0.451 e. The van der Waals surface area contributed by atoms with Gasteiger partial charge < -0.3 is 19.4 Å². The first kappa shape index (κ1) is 21.4. The van der Waals surface area contributed by atoms with Gasteiger partial charge in [0.2, 0.25) is 0 Å². The molecule has 2 heterocycles. The van der Waals surface area contributed by atoms with Crippen LogP contribution in [0.2, 0.25) is 0 Å². The van der Waals surface area contributed by atoms with Gasteiger partial charge in [0.25, 0.3) is 5.91 Å². The molecule has 0 radical (unpaired) electrons. The first-order chi connectivity index (χ1) is 13.5. The number of esters is 1. The molecule has 1 N–H and O–H groups in total. The molecular formula is C20H23N3O4S. The molecule has 0 aliphatic heterocycles. The molecule has 8 heteroatoms. The third-order valence-electron chi connectivity index (χ3n) is 4.15. The van der Waals surface area contributed by atoms with Crippen molar-refractivity contribution in [3.05, 3.63) is 51.0 Å². The molecule has 1 amide bonds. The maximum absolute atomic E-state index is 12.2. The number of thiophene rings is 1. The van der Waals surface area contributed by atoms with Crippen LogP contribution in [-0.4, -0.2) is 36.8 Å². The number of nitrogens with zero attached hydrogens (tertiary/aromatic N) is 2. The van der Waals surface area contributed by atoms with Gasteiger partial charge in [0.05, 0.1) is 13.2 Å². The van der Waals surface area contributed by atoms with E-state index in [1.165, 1.54) is 17.4 Å². The van der Waals surface area contributed by atoms with Crippen LogP contribution in [0, 0.1) is 25.2 Å². The van der Waals surface area contributed by atoms with Gasteiger partial charge in [-0.2, -0.15) is 5.26 Å². The van der Waals surface area contributed by atoms with E-state index >= 15 is 0 Å². The van der Waals surface area contributed by atoms with Gasteiger partial charge in [0, 0.05) is 29.9 Å². The van der Waals surface area contributed by atoms with Gasteiger partial charge in [-0.15, -0.1) is 11.3 Å². The predicted octanol–water partition coefficient (Wildman–Crippen LogP) is 2.58. The molecule has 7 nitrogen and oxygen atoms in total. The lowest BCUT2D eigenvalue weighted by Gasteiger charge is -2.08. The molecular weight excluding hydrogens is 378 g/mol. The average molecular weight is 401 g/mol. The van der Waals surface area contributed by atoms with Gasteiger partial charge in [-0.1, -0.05) is 6.07 Å². The third kappa shape index (κ3) is 5.81. The van der Waals surface area contributed by atoms with Gasteiger partial charge in [0.15, 0.2) is 6.61 Å². The summed E-state index contributed by atoms with van der Waals surface area (Å²) in [5, 5.41) is 13.9. The number of nitrogens with one attached hydrogen (secondary N) is 1. The average Bonchev–Trinajstić information content (AvgIpc) is 3.29. The highest BCUT2D eigenvalue weighted by molar-refractivity contribution is 7.09. The summed E-state index contributed by atoms with van der Waals surface area (Å²) < 4.78 is 12.1. The van der Waals surface area contributed by atoms with E-state index in [0.29, 0.717) is 19.7 Å². The fourth-order valence-corrected chi connectivity index (χ4v) is 3.30. The summed E-state index contributed by atoms with van der Waals surface area (Å²) >= 11 is 1.52.